The zero-order valence-corrected chi connectivity index (χ0v) is 21.6. The Morgan fingerprint density at radius 2 is 1.71 bits per heavy atom. The SMILES string of the molecule is CC(CNC(=O)CCCCS[N+](C)(C)C(=O)C(CS)(CS)CCCS)N(C)C. The van der Waals surface area contributed by atoms with E-state index in [1.54, 1.807) is 11.9 Å². The van der Waals surface area contributed by atoms with E-state index in [1.165, 1.54) is 0 Å². The van der Waals surface area contributed by atoms with Crippen LogP contribution in [0.5, 0.6) is 0 Å². The third-order valence-corrected chi connectivity index (χ3v) is 7.86. The number of hydrogen-bond acceptors (Lipinski definition) is 7. The molecule has 0 bridgehead atoms. The number of hydrogen-bond donors (Lipinski definition) is 4. The molecule has 0 aromatic carbocycles. The lowest BCUT2D eigenvalue weighted by Gasteiger charge is -2.35. The second-order valence-corrected chi connectivity index (χ2v) is 10.6. The van der Waals surface area contributed by atoms with Gasteiger partial charge in [0.25, 0.3) is 0 Å². The molecule has 1 unspecified atom stereocenters. The van der Waals surface area contributed by atoms with E-state index >= 15 is 0 Å². The maximum absolute atomic E-state index is 13.2. The molecular weight excluding hydrogens is 430 g/mol. The molecule has 0 aliphatic carbocycles. The fourth-order valence-electron chi connectivity index (χ4n) is 2.71. The van der Waals surface area contributed by atoms with Gasteiger partial charge in [-0.15, -0.1) is 0 Å². The van der Waals surface area contributed by atoms with Crippen LogP contribution in [-0.4, -0.2) is 84.4 Å². The Balaban J connectivity index is 4.37. The number of unbranched alkanes of at least 4 members (excludes halogenated alkanes) is 1. The minimum Gasteiger partial charge on any atom is -0.355 e. The highest BCUT2D eigenvalue weighted by Gasteiger charge is 2.46. The first-order valence-electron chi connectivity index (χ1n) is 9.85. The molecule has 0 aromatic heterocycles. The van der Waals surface area contributed by atoms with Crippen LogP contribution < -0.4 is 5.32 Å². The Labute approximate surface area is 193 Å². The van der Waals surface area contributed by atoms with Gasteiger partial charge >= 0.3 is 5.91 Å². The number of nitrogens with one attached hydrogen (secondary N) is 1. The first kappa shape index (κ1) is 28.5. The third-order valence-electron chi connectivity index (χ3n) is 5.05. The smallest absolute Gasteiger partial charge is 0.332 e. The van der Waals surface area contributed by atoms with E-state index in [-0.39, 0.29) is 15.7 Å². The Kier molecular flexibility index (Phi) is 14.7. The fourth-order valence-corrected chi connectivity index (χ4v) is 4.96. The lowest BCUT2D eigenvalue weighted by atomic mass is 9.86. The molecule has 0 saturated carbocycles. The van der Waals surface area contributed by atoms with Crippen LogP contribution in [-0.2, 0) is 9.59 Å². The topological polar surface area (TPSA) is 49.4 Å². The van der Waals surface area contributed by atoms with Crippen LogP contribution in [0, 0.1) is 5.41 Å². The quantitative estimate of drug-likeness (QED) is 0.129. The van der Waals surface area contributed by atoms with Crippen molar-refractivity contribution in [2.75, 3.05) is 57.7 Å². The molecule has 0 aromatic rings. The first-order chi connectivity index (χ1) is 13.1. The number of amides is 2. The highest BCUT2D eigenvalue weighted by molar-refractivity contribution is 7.94. The minimum atomic E-state index is -0.519. The summed E-state index contributed by atoms with van der Waals surface area (Å²) in [5.41, 5.74) is -0.519. The van der Waals surface area contributed by atoms with Gasteiger partial charge in [-0.3, -0.25) is 4.79 Å². The standard InChI is InChI=1S/C19H39N3O2S4/c1-16(21(2)3)13-20-17(23)9-6-7-12-28-22(4,5)18(24)19(14-26,15-27)10-8-11-25/h16H,6-15H2,1-5H3,(H3-,20,23,25,26,27)/p+1. The van der Waals surface area contributed by atoms with E-state index in [4.69, 9.17) is 0 Å². The van der Waals surface area contributed by atoms with Gasteiger partial charge in [-0.25, -0.2) is 8.68 Å². The van der Waals surface area contributed by atoms with Gasteiger partial charge < -0.3 is 10.2 Å². The Bertz CT molecular complexity index is 472. The first-order valence-corrected chi connectivity index (χ1v) is 12.7. The molecule has 9 heteroatoms. The number of carbonyl (C=O) groups is 2. The molecular formula is C19H40N3O2S4+. The van der Waals surface area contributed by atoms with Crippen LogP contribution in [0.4, 0.5) is 0 Å². The molecule has 0 aliphatic rings. The number of likely N-dealkylation sites (N-methyl/N-ethyl adjacent to an activating group) is 1. The zero-order chi connectivity index (χ0) is 21.8. The summed E-state index contributed by atoms with van der Waals surface area (Å²) in [5, 5.41) is 2.98. The predicted molar refractivity (Wildman–Crippen MR) is 133 cm³/mol. The van der Waals surface area contributed by atoms with E-state index < -0.39 is 5.41 Å². The third kappa shape index (κ3) is 9.98. The van der Waals surface area contributed by atoms with Crippen LogP contribution in [0.1, 0.15) is 39.0 Å². The molecule has 1 N–H and O–H groups in total. The van der Waals surface area contributed by atoms with Gasteiger partial charge in [-0.05, 0) is 52.5 Å². The van der Waals surface area contributed by atoms with E-state index in [1.807, 2.05) is 28.2 Å². The fraction of sp³-hybridized carbons (Fsp3) is 0.895. The Morgan fingerprint density at radius 3 is 2.21 bits per heavy atom. The molecule has 1 atom stereocenters. The molecule has 2 amide bonds. The summed E-state index contributed by atoms with van der Waals surface area (Å²) >= 11 is 14.8. The second-order valence-electron chi connectivity index (χ2n) is 7.99. The highest BCUT2D eigenvalue weighted by atomic mass is 32.2. The van der Waals surface area contributed by atoms with Gasteiger partial charge in [0.05, 0.1) is 26.0 Å². The Hall–Kier alpha value is 0.460. The highest BCUT2D eigenvalue weighted by Crippen LogP contribution is 2.35. The normalized spacial score (nSPS) is 13.6. The van der Waals surface area contributed by atoms with Crippen molar-refractivity contribution in [3.8, 4) is 0 Å². The summed E-state index contributed by atoms with van der Waals surface area (Å²) in [5.74, 6) is 2.85. The summed E-state index contributed by atoms with van der Waals surface area (Å²) in [4.78, 5) is 27.2. The number of carbonyl (C=O) groups excluding carboxylic acids is 2. The van der Waals surface area contributed by atoms with E-state index in [0.29, 0.717) is 30.5 Å². The average molecular weight is 471 g/mol. The predicted octanol–water partition coefficient (Wildman–Crippen LogP) is 3.03. The molecule has 0 aliphatic heterocycles. The van der Waals surface area contributed by atoms with Gasteiger partial charge in [0.1, 0.15) is 5.41 Å². The van der Waals surface area contributed by atoms with Crippen molar-refractivity contribution < 1.29 is 13.5 Å². The summed E-state index contributed by atoms with van der Waals surface area (Å²) < 4.78 is 0.250. The molecule has 0 heterocycles. The van der Waals surface area contributed by atoms with Crippen molar-refractivity contribution in [3.05, 3.63) is 0 Å². The van der Waals surface area contributed by atoms with Crippen molar-refractivity contribution in [3.63, 3.8) is 0 Å². The zero-order valence-electron chi connectivity index (χ0n) is 18.1. The summed E-state index contributed by atoms with van der Waals surface area (Å²) in [7, 11) is 7.88. The maximum Gasteiger partial charge on any atom is 0.332 e. The number of nitrogens with zero attached hydrogens (tertiary/aromatic N) is 2. The van der Waals surface area contributed by atoms with Crippen molar-refractivity contribution in [1.82, 2.24) is 10.2 Å². The van der Waals surface area contributed by atoms with Crippen LogP contribution >= 0.6 is 49.8 Å². The van der Waals surface area contributed by atoms with Crippen molar-refractivity contribution in [2.24, 2.45) is 5.41 Å². The van der Waals surface area contributed by atoms with Gasteiger partial charge in [0, 0.05) is 36.3 Å². The molecule has 166 valence electrons. The average Bonchev–Trinajstić information content (AvgIpc) is 2.66. The molecule has 0 fully saturated rings. The molecule has 28 heavy (non-hydrogen) atoms. The number of rotatable bonds is 15. The van der Waals surface area contributed by atoms with Crippen LogP contribution in [0.3, 0.4) is 0 Å². The molecule has 5 nitrogen and oxygen atoms in total. The molecule has 0 rings (SSSR count). The number of quaternary nitrogens is 1. The van der Waals surface area contributed by atoms with Crippen molar-refractivity contribution in [1.29, 1.82) is 0 Å². The summed E-state index contributed by atoms with van der Waals surface area (Å²) in [6, 6.07) is 0.324. The Morgan fingerprint density at radius 1 is 1.11 bits per heavy atom. The largest absolute Gasteiger partial charge is 0.355 e. The minimum absolute atomic E-state index is 0.0967. The van der Waals surface area contributed by atoms with Gasteiger partial charge in [-0.1, -0.05) is 0 Å². The van der Waals surface area contributed by atoms with Crippen molar-refractivity contribution >= 4 is 61.6 Å². The monoisotopic (exact) mass is 470 g/mol. The van der Waals surface area contributed by atoms with Crippen molar-refractivity contribution in [2.45, 2.75) is 45.1 Å². The molecule has 0 spiro atoms. The van der Waals surface area contributed by atoms with E-state index in [9.17, 15) is 9.59 Å². The second kappa shape index (κ2) is 14.5. The van der Waals surface area contributed by atoms with E-state index in [0.717, 1.165) is 37.2 Å². The lowest BCUT2D eigenvalue weighted by Crippen LogP contribution is -2.51. The van der Waals surface area contributed by atoms with Gasteiger partial charge in [0.2, 0.25) is 5.91 Å². The van der Waals surface area contributed by atoms with Gasteiger partial charge in [-0.2, -0.15) is 37.9 Å². The lowest BCUT2D eigenvalue weighted by molar-refractivity contribution is -0.672. The van der Waals surface area contributed by atoms with Crippen LogP contribution in [0.2, 0.25) is 0 Å². The van der Waals surface area contributed by atoms with E-state index in [2.05, 4.69) is 55.0 Å². The number of thiol groups is 3. The molecule has 0 saturated heterocycles. The maximum atomic E-state index is 13.2. The summed E-state index contributed by atoms with van der Waals surface area (Å²) in [6.45, 7) is 2.75. The molecule has 0 radical (unpaired) electrons. The van der Waals surface area contributed by atoms with Crippen LogP contribution in [0.15, 0.2) is 0 Å². The summed E-state index contributed by atoms with van der Waals surface area (Å²) in [6.07, 6.45) is 3.90. The van der Waals surface area contributed by atoms with Crippen LogP contribution in [0.25, 0.3) is 0 Å². The van der Waals surface area contributed by atoms with Gasteiger partial charge in [0.15, 0.2) is 0 Å².